The molecule has 3 heterocycles. The second-order valence-electron chi connectivity index (χ2n) is 5.30. The maximum Gasteiger partial charge on any atom is 0.160 e. The molecule has 0 spiro atoms. The van der Waals surface area contributed by atoms with Crippen molar-refractivity contribution >= 4 is 23.1 Å². The van der Waals surface area contributed by atoms with Crippen LogP contribution in [0.5, 0.6) is 0 Å². The Morgan fingerprint density at radius 2 is 1.95 bits per heavy atom. The van der Waals surface area contributed by atoms with Crippen LogP contribution in [0.25, 0.3) is 0 Å². The molecule has 0 unspecified atom stereocenters. The maximum absolute atomic E-state index is 6.24. The van der Waals surface area contributed by atoms with Crippen LogP contribution in [0.2, 0.25) is 0 Å². The predicted octanol–water partition coefficient (Wildman–Crippen LogP) is 2.50. The van der Waals surface area contributed by atoms with E-state index in [2.05, 4.69) is 25.2 Å². The van der Waals surface area contributed by atoms with Gasteiger partial charge in [0.1, 0.15) is 17.8 Å². The minimum atomic E-state index is 0.586. The summed E-state index contributed by atoms with van der Waals surface area (Å²) in [6.07, 6.45) is 5.20. The second kappa shape index (κ2) is 5.95. The number of aromatic nitrogens is 3. The van der Waals surface area contributed by atoms with Crippen molar-refractivity contribution in [3.8, 4) is 0 Å². The van der Waals surface area contributed by atoms with Gasteiger partial charge in [-0.1, -0.05) is 6.07 Å². The molecule has 0 aliphatic carbocycles. The Labute approximate surface area is 124 Å². The highest BCUT2D eigenvalue weighted by Crippen LogP contribution is 2.29. The zero-order chi connectivity index (χ0) is 14.7. The van der Waals surface area contributed by atoms with E-state index in [-0.39, 0.29) is 0 Å². The molecule has 110 valence electrons. The summed E-state index contributed by atoms with van der Waals surface area (Å²) in [5.41, 5.74) is 7.78. The van der Waals surface area contributed by atoms with Gasteiger partial charge in [0.05, 0.1) is 0 Å². The van der Waals surface area contributed by atoms with Gasteiger partial charge in [-0.25, -0.2) is 15.0 Å². The topological polar surface area (TPSA) is 80.0 Å². The van der Waals surface area contributed by atoms with Crippen molar-refractivity contribution in [3.63, 3.8) is 0 Å². The highest BCUT2D eigenvalue weighted by Gasteiger charge is 2.17. The third-order valence-corrected chi connectivity index (χ3v) is 3.65. The number of anilines is 4. The first-order valence-corrected chi connectivity index (χ1v) is 7.30. The van der Waals surface area contributed by atoms with Crippen molar-refractivity contribution in [1.29, 1.82) is 0 Å². The van der Waals surface area contributed by atoms with E-state index in [1.807, 2.05) is 25.1 Å². The lowest BCUT2D eigenvalue weighted by atomic mass is 10.1. The molecule has 1 aliphatic heterocycles. The second-order valence-corrected chi connectivity index (χ2v) is 5.30. The molecule has 1 aliphatic rings. The standard InChI is InChI=1S/C15H20N6/c1-11-6-5-7-12(19-11)20-14-13(16)15(18-10-17-14)21-8-3-2-4-9-21/h5-7,10H,2-4,8-9,16H2,1H3,(H,17,18,19,20). The molecule has 1 fully saturated rings. The molecule has 21 heavy (non-hydrogen) atoms. The molecule has 0 atom stereocenters. The van der Waals surface area contributed by atoms with Crippen LogP contribution in [-0.2, 0) is 0 Å². The maximum atomic E-state index is 6.24. The lowest BCUT2D eigenvalue weighted by Gasteiger charge is -2.28. The van der Waals surface area contributed by atoms with Crippen molar-refractivity contribution in [2.24, 2.45) is 0 Å². The van der Waals surface area contributed by atoms with Gasteiger partial charge in [0.2, 0.25) is 0 Å². The summed E-state index contributed by atoms with van der Waals surface area (Å²) >= 11 is 0. The summed E-state index contributed by atoms with van der Waals surface area (Å²) in [4.78, 5) is 15.2. The lowest BCUT2D eigenvalue weighted by Crippen LogP contribution is -2.31. The number of piperidine rings is 1. The first kappa shape index (κ1) is 13.6. The molecule has 0 radical (unpaired) electrons. The number of nitrogen functional groups attached to an aromatic ring is 1. The Balaban J connectivity index is 1.86. The Bertz CT molecular complexity index is 621. The van der Waals surface area contributed by atoms with Crippen molar-refractivity contribution < 1.29 is 0 Å². The number of hydrogen-bond acceptors (Lipinski definition) is 6. The largest absolute Gasteiger partial charge is 0.393 e. The van der Waals surface area contributed by atoms with Gasteiger partial charge >= 0.3 is 0 Å². The lowest BCUT2D eigenvalue weighted by molar-refractivity contribution is 0.574. The Morgan fingerprint density at radius 1 is 1.14 bits per heavy atom. The highest BCUT2D eigenvalue weighted by atomic mass is 15.2. The number of pyridine rings is 1. The molecule has 0 bridgehead atoms. The fourth-order valence-electron chi connectivity index (χ4n) is 2.58. The van der Waals surface area contributed by atoms with Crippen LogP contribution in [0.3, 0.4) is 0 Å². The Hall–Kier alpha value is -2.37. The monoisotopic (exact) mass is 284 g/mol. The molecule has 3 rings (SSSR count). The third kappa shape index (κ3) is 3.04. The van der Waals surface area contributed by atoms with E-state index in [1.54, 1.807) is 6.33 Å². The first-order chi connectivity index (χ1) is 10.2. The average Bonchev–Trinajstić information content (AvgIpc) is 2.50. The van der Waals surface area contributed by atoms with Crippen LogP contribution in [-0.4, -0.2) is 28.0 Å². The fraction of sp³-hybridized carbons (Fsp3) is 0.400. The smallest absolute Gasteiger partial charge is 0.160 e. The van der Waals surface area contributed by atoms with Crippen LogP contribution < -0.4 is 16.0 Å². The van der Waals surface area contributed by atoms with E-state index >= 15 is 0 Å². The van der Waals surface area contributed by atoms with Crippen molar-refractivity contribution in [2.75, 3.05) is 29.0 Å². The summed E-state index contributed by atoms with van der Waals surface area (Å²) in [7, 11) is 0. The van der Waals surface area contributed by atoms with Crippen molar-refractivity contribution in [1.82, 2.24) is 15.0 Å². The fourth-order valence-corrected chi connectivity index (χ4v) is 2.58. The molecule has 6 nitrogen and oxygen atoms in total. The van der Waals surface area contributed by atoms with Crippen LogP contribution in [0.1, 0.15) is 25.0 Å². The Morgan fingerprint density at radius 3 is 2.71 bits per heavy atom. The summed E-state index contributed by atoms with van der Waals surface area (Å²) in [5.74, 6) is 2.17. The van der Waals surface area contributed by atoms with E-state index in [1.165, 1.54) is 19.3 Å². The van der Waals surface area contributed by atoms with E-state index in [4.69, 9.17) is 5.73 Å². The number of hydrogen-bond donors (Lipinski definition) is 2. The van der Waals surface area contributed by atoms with Gasteiger partial charge < -0.3 is 16.0 Å². The SMILES string of the molecule is Cc1cccc(Nc2ncnc(N3CCCCC3)c2N)n1. The van der Waals surface area contributed by atoms with Crippen LogP contribution in [0.15, 0.2) is 24.5 Å². The number of nitrogens with one attached hydrogen (secondary N) is 1. The molecular formula is C15H20N6. The average molecular weight is 284 g/mol. The molecule has 0 saturated carbocycles. The van der Waals surface area contributed by atoms with Crippen molar-refractivity contribution in [3.05, 3.63) is 30.2 Å². The number of nitrogens with zero attached hydrogens (tertiary/aromatic N) is 4. The van der Waals surface area contributed by atoms with E-state index in [9.17, 15) is 0 Å². The zero-order valence-corrected chi connectivity index (χ0v) is 12.2. The summed E-state index contributed by atoms with van der Waals surface area (Å²) < 4.78 is 0. The quantitative estimate of drug-likeness (QED) is 0.901. The highest BCUT2D eigenvalue weighted by molar-refractivity contribution is 5.77. The van der Waals surface area contributed by atoms with Gasteiger partial charge in [-0.05, 0) is 38.3 Å². The van der Waals surface area contributed by atoms with Crippen LogP contribution in [0.4, 0.5) is 23.1 Å². The van der Waals surface area contributed by atoms with Gasteiger partial charge in [-0.15, -0.1) is 0 Å². The number of rotatable bonds is 3. The Kier molecular flexibility index (Phi) is 3.85. The molecule has 6 heteroatoms. The zero-order valence-electron chi connectivity index (χ0n) is 12.2. The molecular weight excluding hydrogens is 264 g/mol. The third-order valence-electron chi connectivity index (χ3n) is 3.65. The molecule has 1 saturated heterocycles. The molecule has 0 aromatic carbocycles. The van der Waals surface area contributed by atoms with Crippen LogP contribution >= 0.6 is 0 Å². The molecule has 0 amide bonds. The van der Waals surface area contributed by atoms with E-state index in [0.29, 0.717) is 11.5 Å². The van der Waals surface area contributed by atoms with Gasteiger partial charge in [-0.2, -0.15) is 0 Å². The van der Waals surface area contributed by atoms with Crippen LogP contribution in [0, 0.1) is 6.92 Å². The van der Waals surface area contributed by atoms with Gasteiger partial charge in [0.15, 0.2) is 11.6 Å². The predicted molar refractivity (Wildman–Crippen MR) is 84.8 cm³/mol. The molecule has 2 aromatic rings. The van der Waals surface area contributed by atoms with E-state index < -0.39 is 0 Å². The number of nitrogens with two attached hydrogens (primary N) is 1. The van der Waals surface area contributed by atoms with E-state index in [0.717, 1.165) is 30.4 Å². The molecule has 2 aromatic heterocycles. The minimum Gasteiger partial charge on any atom is -0.393 e. The summed E-state index contributed by atoms with van der Waals surface area (Å²) in [5, 5.41) is 3.18. The van der Waals surface area contributed by atoms with Gasteiger partial charge in [0, 0.05) is 18.8 Å². The first-order valence-electron chi connectivity index (χ1n) is 7.30. The summed E-state index contributed by atoms with van der Waals surface area (Å²) in [6, 6.07) is 5.80. The number of aryl methyl sites for hydroxylation is 1. The summed E-state index contributed by atoms with van der Waals surface area (Å²) in [6.45, 7) is 3.96. The van der Waals surface area contributed by atoms with Crippen molar-refractivity contribution in [2.45, 2.75) is 26.2 Å². The minimum absolute atomic E-state index is 0.586. The normalized spacial score (nSPS) is 15.0. The van der Waals surface area contributed by atoms with Gasteiger partial charge in [0.25, 0.3) is 0 Å². The molecule has 3 N–H and O–H groups in total. The van der Waals surface area contributed by atoms with Gasteiger partial charge in [-0.3, -0.25) is 0 Å².